The summed E-state index contributed by atoms with van der Waals surface area (Å²) in [5, 5.41) is 12.5. The molecule has 0 radical (unpaired) electrons. The van der Waals surface area contributed by atoms with E-state index in [0.29, 0.717) is 22.0 Å². The summed E-state index contributed by atoms with van der Waals surface area (Å²) < 4.78 is 0. The molecule has 1 heterocycles. The van der Waals surface area contributed by atoms with Crippen molar-refractivity contribution in [1.29, 1.82) is 5.26 Å². The Kier molecular flexibility index (Phi) is 5.17. The summed E-state index contributed by atoms with van der Waals surface area (Å²) in [5.41, 5.74) is 2.43. The summed E-state index contributed by atoms with van der Waals surface area (Å²) in [7, 11) is 0. The van der Waals surface area contributed by atoms with E-state index in [1.54, 1.807) is 23.1 Å². The molecule has 0 saturated carbocycles. The first kappa shape index (κ1) is 18.2. The van der Waals surface area contributed by atoms with Gasteiger partial charge in [-0.15, -0.1) is 0 Å². The number of carbonyl (C=O) groups is 2. The van der Waals surface area contributed by atoms with E-state index in [0.717, 1.165) is 5.56 Å². The number of nitrogens with one attached hydrogen (secondary N) is 1. The van der Waals surface area contributed by atoms with E-state index in [1.165, 1.54) is 6.07 Å². The first-order valence-corrected chi connectivity index (χ1v) is 8.71. The van der Waals surface area contributed by atoms with Gasteiger partial charge in [0.1, 0.15) is 6.07 Å². The molecule has 2 amide bonds. The fraction of sp³-hybridized carbons (Fsp3) is 0.211. The van der Waals surface area contributed by atoms with E-state index >= 15 is 0 Å². The van der Waals surface area contributed by atoms with E-state index in [2.05, 4.69) is 5.32 Å². The molecule has 5 nitrogen and oxygen atoms in total. The number of nitriles is 1. The van der Waals surface area contributed by atoms with Crippen molar-refractivity contribution >= 4 is 46.4 Å². The predicted octanol–water partition coefficient (Wildman–Crippen LogP) is 4.17. The molecule has 1 N–H and O–H groups in total. The van der Waals surface area contributed by atoms with Crippen LogP contribution in [0, 0.1) is 24.2 Å². The summed E-state index contributed by atoms with van der Waals surface area (Å²) in [5.74, 6) is -0.861. The number of rotatable bonds is 3. The van der Waals surface area contributed by atoms with Gasteiger partial charge in [-0.3, -0.25) is 9.59 Å². The smallest absolute Gasteiger partial charge is 0.229 e. The van der Waals surface area contributed by atoms with E-state index in [9.17, 15) is 9.59 Å². The minimum absolute atomic E-state index is 0.122. The normalized spacial score (nSPS) is 16.5. The molecule has 0 bridgehead atoms. The molecule has 7 heteroatoms. The zero-order valence-electron chi connectivity index (χ0n) is 13.9. The number of benzene rings is 2. The van der Waals surface area contributed by atoms with Gasteiger partial charge in [-0.1, -0.05) is 29.3 Å². The first-order valence-electron chi connectivity index (χ1n) is 7.96. The number of hydrogen-bond acceptors (Lipinski definition) is 3. The molecule has 1 saturated heterocycles. The van der Waals surface area contributed by atoms with E-state index in [-0.39, 0.29) is 29.8 Å². The number of amides is 2. The van der Waals surface area contributed by atoms with Gasteiger partial charge in [0, 0.05) is 29.4 Å². The number of nitrogens with zero attached hydrogens (tertiary/aromatic N) is 2. The lowest BCUT2D eigenvalue weighted by Gasteiger charge is -2.17. The second-order valence-electron chi connectivity index (χ2n) is 6.13. The highest BCUT2D eigenvalue weighted by Crippen LogP contribution is 2.29. The Morgan fingerprint density at radius 2 is 2.00 bits per heavy atom. The number of anilines is 2. The van der Waals surface area contributed by atoms with Crippen molar-refractivity contribution in [3.63, 3.8) is 0 Å². The average Bonchev–Trinajstić information content (AvgIpc) is 2.99. The SMILES string of the molecule is Cc1ccc(N2CC(C(=O)Nc3ccc(C#N)c(Cl)c3)CC2=O)cc1Cl. The van der Waals surface area contributed by atoms with Gasteiger partial charge in [0.05, 0.1) is 16.5 Å². The molecule has 0 spiro atoms. The molecule has 1 aliphatic heterocycles. The van der Waals surface area contributed by atoms with E-state index in [1.807, 2.05) is 25.1 Å². The van der Waals surface area contributed by atoms with Crippen molar-refractivity contribution in [3.05, 3.63) is 57.6 Å². The summed E-state index contributed by atoms with van der Waals surface area (Å²) in [6.45, 7) is 2.17. The highest BCUT2D eigenvalue weighted by atomic mass is 35.5. The summed E-state index contributed by atoms with van der Waals surface area (Å²) in [6, 6.07) is 12.0. The number of carbonyl (C=O) groups excluding carboxylic acids is 2. The molecule has 3 rings (SSSR count). The van der Waals surface area contributed by atoms with Gasteiger partial charge in [0.15, 0.2) is 0 Å². The van der Waals surface area contributed by atoms with Gasteiger partial charge < -0.3 is 10.2 Å². The van der Waals surface area contributed by atoms with Gasteiger partial charge in [-0.25, -0.2) is 0 Å². The van der Waals surface area contributed by atoms with Crippen molar-refractivity contribution in [2.75, 3.05) is 16.8 Å². The Bertz CT molecular complexity index is 937. The molecule has 1 fully saturated rings. The van der Waals surface area contributed by atoms with Crippen LogP contribution in [-0.2, 0) is 9.59 Å². The van der Waals surface area contributed by atoms with Crippen LogP contribution >= 0.6 is 23.2 Å². The van der Waals surface area contributed by atoms with Crippen molar-refractivity contribution in [2.24, 2.45) is 5.92 Å². The fourth-order valence-electron chi connectivity index (χ4n) is 2.81. The fourth-order valence-corrected chi connectivity index (χ4v) is 3.21. The van der Waals surface area contributed by atoms with Crippen LogP contribution in [0.25, 0.3) is 0 Å². The molecular weight excluding hydrogens is 373 g/mol. The maximum Gasteiger partial charge on any atom is 0.229 e. The van der Waals surface area contributed by atoms with Gasteiger partial charge in [0.25, 0.3) is 0 Å². The number of hydrogen-bond donors (Lipinski definition) is 1. The third-order valence-electron chi connectivity index (χ3n) is 4.32. The minimum atomic E-state index is -0.475. The Morgan fingerprint density at radius 3 is 2.65 bits per heavy atom. The molecule has 0 aromatic heterocycles. The lowest BCUT2D eigenvalue weighted by Crippen LogP contribution is -2.28. The molecule has 0 aliphatic carbocycles. The molecule has 2 aromatic carbocycles. The summed E-state index contributed by atoms with van der Waals surface area (Å²) in [6.07, 6.45) is 0.126. The van der Waals surface area contributed by atoms with Gasteiger partial charge in [-0.2, -0.15) is 5.26 Å². The van der Waals surface area contributed by atoms with Crippen molar-refractivity contribution in [1.82, 2.24) is 0 Å². The first-order chi connectivity index (χ1) is 12.4. The average molecular weight is 388 g/mol. The second kappa shape index (κ2) is 7.36. The van der Waals surface area contributed by atoms with Crippen LogP contribution in [0.1, 0.15) is 17.5 Å². The van der Waals surface area contributed by atoms with Crippen LogP contribution in [0.3, 0.4) is 0 Å². The van der Waals surface area contributed by atoms with Crippen LogP contribution in [0.2, 0.25) is 10.0 Å². The zero-order valence-corrected chi connectivity index (χ0v) is 15.4. The van der Waals surface area contributed by atoms with E-state index < -0.39 is 5.92 Å². The molecule has 1 atom stereocenters. The Morgan fingerprint density at radius 1 is 1.23 bits per heavy atom. The minimum Gasteiger partial charge on any atom is -0.326 e. The van der Waals surface area contributed by atoms with Crippen LogP contribution in [0.5, 0.6) is 0 Å². The zero-order chi connectivity index (χ0) is 18.8. The number of aryl methyl sites for hydroxylation is 1. The van der Waals surface area contributed by atoms with Crippen molar-refractivity contribution in [3.8, 4) is 6.07 Å². The molecule has 26 heavy (non-hydrogen) atoms. The third-order valence-corrected chi connectivity index (χ3v) is 5.04. The standard InChI is InChI=1S/C19H15Cl2N3O2/c1-11-2-5-15(8-16(11)20)24-10-13(6-18(24)25)19(26)23-14-4-3-12(9-22)17(21)7-14/h2-5,7-8,13H,6,10H2,1H3,(H,23,26). The van der Waals surface area contributed by atoms with Crippen molar-refractivity contribution < 1.29 is 9.59 Å². The third kappa shape index (κ3) is 3.67. The lowest BCUT2D eigenvalue weighted by atomic mass is 10.1. The van der Waals surface area contributed by atoms with Crippen LogP contribution < -0.4 is 10.2 Å². The predicted molar refractivity (Wildman–Crippen MR) is 101 cm³/mol. The molecule has 1 aliphatic rings. The van der Waals surface area contributed by atoms with Gasteiger partial charge in [0.2, 0.25) is 11.8 Å². The maximum atomic E-state index is 12.5. The van der Waals surface area contributed by atoms with Crippen LogP contribution in [-0.4, -0.2) is 18.4 Å². The molecule has 2 aromatic rings. The Hall–Kier alpha value is -2.55. The molecule has 132 valence electrons. The second-order valence-corrected chi connectivity index (χ2v) is 6.95. The Labute approximate surface area is 161 Å². The lowest BCUT2D eigenvalue weighted by molar-refractivity contribution is -0.122. The monoisotopic (exact) mass is 387 g/mol. The largest absolute Gasteiger partial charge is 0.326 e. The quantitative estimate of drug-likeness (QED) is 0.858. The highest BCUT2D eigenvalue weighted by molar-refractivity contribution is 6.32. The van der Waals surface area contributed by atoms with Crippen molar-refractivity contribution in [2.45, 2.75) is 13.3 Å². The number of halogens is 2. The van der Waals surface area contributed by atoms with Crippen LogP contribution in [0.15, 0.2) is 36.4 Å². The van der Waals surface area contributed by atoms with Gasteiger partial charge >= 0.3 is 0 Å². The van der Waals surface area contributed by atoms with E-state index in [4.69, 9.17) is 28.5 Å². The van der Waals surface area contributed by atoms with Gasteiger partial charge in [-0.05, 0) is 42.8 Å². The highest BCUT2D eigenvalue weighted by Gasteiger charge is 2.35. The summed E-state index contributed by atoms with van der Waals surface area (Å²) in [4.78, 5) is 26.4. The van der Waals surface area contributed by atoms with Crippen LogP contribution in [0.4, 0.5) is 11.4 Å². The Balaban J connectivity index is 1.71. The summed E-state index contributed by atoms with van der Waals surface area (Å²) >= 11 is 12.1. The molecule has 1 unspecified atom stereocenters. The topological polar surface area (TPSA) is 73.2 Å². The maximum absolute atomic E-state index is 12.5. The molecular formula is C19H15Cl2N3O2.